The van der Waals surface area contributed by atoms with Gasteiger partial charge in [0.25, 0.3) is 0 Å². The third-order valence-electron chi connectivity index (χ3n) is 3.18. The zero-order chi connectivity index (χ0) is 14.7. The van der Waals surface area contributed by atoms with Crippen molar-refractivity contribution < 1.29 is 4.74 Å². The van der Waals surface area contributed by atoms with Gasteiger partial charge in [-0.1, -0.05) is 24.6 Å². The minimum atomic E-state index is 0.501. The summed E-state index contributed by atoms with van der Waals surface area (Å²) in [5, 5.41) is 0.501. The highest BCUT2D eigenvalue weighted by Crippen LogP contribution is 2.30. The summed E-state index contributed by atoms with van der Waals surface area (Å²) < 4.78 is 5.25. The SMILES string of the molecule is CCc1nc(Cl)c(C)c(N(C)c2cccc(OC)c2)n1. The Morgan fingerprint density at radius 1 is 1.30 bits per heavy atom. The Hall–Kier alpha value is -1.81. The average molecular weight is 292 g/mol. The van der Waals surface area contributed by atoms with E-state index >= 15 is 0 Å². The number of aromatic nitrogens is 2. The number of anilines is 2. The molecule has 1 aromatic carbocycles. The molecule has 1 aromatic heterocycles. The van der Waals surface area contributed by atoms with E-state index in [2.05, 4.69) is 9.97 Å². The maximum atomic E-state index is 6.19. The zero-order valence-electron chi connectivity index (χ0n) is 12.1. The molecular formula is C15H18ClN3O. The van der Waals surface area contributed by atoms with E-state index in [0.29, 0.717) is 5.15 Å². The third-order valence-corrected chi connectivity index (χ3v) is 3.55. The van der Waals surface area contributed by atoms with E-state index in [1.54, 1.807) is 7.11 Å². The summed E-state index contributed by atoms with van der Waals surface area (Å²) in [6.45, 7) is 3.93. The number of aryl methyl sites for hydroxylation is 1. The molecule has 0 unspecified atom stereocenters. The molecule has 2 rings (SSSR count). The van der Waals surface area contributed by atoms with E-state index in [9.17, 15) is 0 Å². The first-order valence-corrected chi connectivity index (χ1v) is 6.85. The molecule has 106 valence electrons. The molecule has 0 aliphatic carbocycles. The topological polar surface area (TPSA) is 38.2 Å². The summed E-state index contributed by atoms with van der Waals surface area (Å²) in [6.07, 6.45) is 0.749. The average Bonchev–Trinajstić information content (AvgIpc) is 2.49. The van der Waals surface area contributed by atoms with Crippen molar-refractivity contribution in [3.8, 4) is 5.75 Å². The van der Waals surface area contributed by atoms with Crippen LogP contribution >= 0.6 is 11.6 Å². The summed E-state index contributed by atoms with van der Waals surface area (Å²) in [5.74, 6) is 2.36. The van der Waals surface area contributed by atoms with Crippen LogP contribution in [-0.4, -0.2) is 24.1 Å². The van der Waals surface area contributed by atoms with Crippen molar-refractivity contribution in [3.63, 3.8) is 0 Å². The van der Waals surface area contributed by atoms with Crippen LogP contribution in [-0.2, 0) is 6.42 Å². The Labute approximate surface area is 124 Å². The van der Waals surface area contributed by atoms with Gasteiger partial charge in [-0.3, -0.25) is 0 Å². The highest BCUT2D eigenvalue weighted by molar-refractivity contribution is 6.30. The molecule has 2 aromatic rings. The van der Waals surface area contributed by atoms with Crippen LogP contribution in [0.25, 0.3) is 0 Å². The molecule has 5 heteroatoms. The Morgan fingerprint density at radius 3 is 2.70 bits per heavy atom. The number of rotatable bonds is 4. The summed E-state index contributed by atoms with van der Waals surface area (Å²) in [7, 11) is 3.61. The molecule has 0 spiro atoms. The van der Waals surface area contributed by atoms with Crippen LogP contribution in [0.1, 0.15) is 18.3 Å². The molecule has 0 amide bonds. The molecule has 0 N–H and O–H groups in total. The molecule has 1 heterocycles. The van der Waals surface area contributed by atoms with E-state index < -0.39 is 0 Å². The predicted octanol–water partition coefficient (Wildman–Crippen LogP) is 3.78. The van der Waals surface area contributed by atoms with Gasteiger partial charge in [-0.15, -0.1) is 0 Å². The van der Waals surface area contributed by atoms with E-state index in [4.69, 9.17) is 16.3 Å². The molecule has 4 nitrogen and oxygen atoms in total. The second-order valence-corrected chi connectivity index (χ2v) is 4.85. The van der Waals surface area contributed by atoms with Gasteiger partial charge in [-0.2, -0.15) is 0 Å². The summed E-state index contributed by atoms with van der Waals surface area (Å²) >= 11 is 6.19. The summed E-state index contributed by atoms with van der Waals surface area (Å²) in [6, 6.07) is 7.82. The number of nitrogens with zero attached hydrogens (tertiary/aromatic N) is 3. The van der Waals surface area contributed by atoms with Crippen molar-refractivity contribution in [1.29, 1.82) is 0 Å². The van der Waals surface area contributed by atoms with Crippen LogP contribution in [0.4, 0.5) is 11.5 Å². The minimum absolute atomic E-state index is 0.501. The highest BCUT2D eigenvalue weighted by Gasteiger charge is 2.14. The number of hydrogen-bond acceptors (Lipinski definition) is 4. The van der Waals surface area contributed by atoms with Crippen molar-refractivity contribution in [1.82, 2.24) is 9.97 Å². The van der Waals surface area contributed by atoms with Crippen LogP contribution in [0.3, 0.4) is 0 Å². The Kier molecular flexibility index (Phi) is 4.45. The van der Waals surface area contributed by atoms with Crippen LogP contribution in [0.2, 0.25) is 5.15 Å². The molecule has 0 bridgehead atoms. The van der Waals surface area contributed by atoms with Crippen molar-refractivity contribution in [2.45, 2.75) is 20.3 Å². The fourth-order valence-electron chi connectivity index (χ4n) is 1.95. The summed E-state index contributed by atoms with van der Waals surface area (Å²) in [4.78, 5) is 10.8. The largest absolute Gasteiger partial charge is 0.497 e. The molecule has 0 fully saturated rings. The van der Waals surface area contributed by atoms with Crippen LogP contribution in [0, 0.1) is 6.92 Å². The lowest BCUT2D eigenvalue weighted by Gasteiger charge is -2.21. The van der Waals surface area contributed by atoms with Gasteiger partial charge in [-0.05, 0) is 19.1 Å². The zero-order valence-corrected chi connectivity index (χ0v) is 12.9. The van der Waals surface area contributed by atoms with Gasteiger partial charge < -0.3 is 9.64 Å². The first-order chi connectivity index (χ1) is 9.56. The maximum Gasteiger partial charge on any atom is 0.140 e. The van der Waals surface area contributed by atoms with E-state index in [1.165, 1.54) is 0 Å². The lowest BCUT2D eigenvalue weighted by atomic mass is 10.2. The third kappa shape index (κ3) is 2.85. The van der Waals surface area contributed by atoms with Gasteiger partial charge in [0, 0.05) is 30.8 Å². The Bertz CT molecular complexity index is 616. The summed E-state index contributed by atoms with van der Waals surface area (Å²) in [5.41, 5.74) is 1.86. The molecule has 0 saturated heterocycles. The van der Waals surface area contributed by atoms with Crippen LogP contribution in [0.5, 0.6) is 5.75 Å². The smallest absolute Gasteiger partial charge is 0.140 e. The first kappa shape index (κ1) is 14.6. The van der Waals surface area contributed by atoms with Crippen molar-refractivity contribution >= 4 is 23.1 Å². The minimum Gasteiger partial charge on any atom is -0.497 e. The predicted molar refractivity (Wildman–Crippen MR) is 82.2 cm³/mol. The van der Waals surface area contributed by atoms with Gasteiger partial charge in [0.1, 0.15) is 22.5 Å². The molecule has 0 atom stereocenters. The molecular weight excluding hydrogens is 274 g/mol. The second kappa shape index (κ2) is 6.09. The van der Waals surface area contributed by atoms with Crippen LogP contribution in [0.15, 0.2) is 24.3 Å². The molecule has 0 aliphatic heterocycles. The van der Waals surface area contributed by atoms with Gasteiger partial charge in [0.2, 0.25) is 0 Å². The number of hydrogen-bond donors (Lipinski definition) is 0. The number of ether oxygens (including phenoxy) is 1. The van der Waals surface area contributed by atoms with Gasteiger partial charge in [0.05, 0.1) is 7.11 Å². The van der Waals surface area contributed by atoms with E-state index in [1.807, 2.05) is 50.1 Å². The van der Waals surface area contributed by atoms with E-state index in [0.717, 1.165) is 35.1 Å². The highest BCUT2D eigenvalue weighted by atomic mass is 35.5. The number of methoxy groups -OCH3 is 1. The normalized spacial score (nSPS) is 10.4. The fourth-order valence-corrected chi connectivity index (χ4v) is 2.13. The van der Waals surface area contributed by atoms with Crippen LogP contribution < -0.4 is 9.64 Å². The quantitative estimate of drug-likeness (QED) is 0.804. The van der Waals surface area contributed by atoms with E-state index in [-0.39, 0.29) is 0 Å². The van der Waals surface area contributed by atoms with Crippen molar-refractivity contribution in [2.24, 2.45) is 0 Å². The van der Waals surface area contributed by atoms with Gasteiger partial charge in [-0.25, -0.2) is 9.97 Å². The molecule has 0 radical (unpaired) electrons. The Balaban J connectivity index is 2.46. The number of benzene rings is 1. The lowest BCUT2D eigenvalue weighted by Crippen LogP contribution is -2.15. The van der Waals surface area contributed by atoms with Gasteiger partial charge >= 0.3 is 0 Å². The fraction of sp³-hybridized carbons (Fsp3) is 0.333. The van der Waals surface area contributed by atoms with Crippen molar-refractivity contribution in [2.75, 3.05) is 19.1 Å². The lowest BCUT2D eigenvalue weighted by molar-refractivity contribution is 0.415. The Morgan fingerprint density at radius 2 is 2.05 bits per heavy atom. The van der Waals surface area contributed by atoms with Crippen molar-refractivity contribution in [3.05, 3.63) is 40.8 Å². The first-order valence-electron chi connectivity index (χ1n) is 6.47. The molecule has 0 saturated carbocycles. The number of halogens is 1. The molecule has 20 heavy (non-hydrogen) atoms. The maximum absolute atomic E-state index is 6.19. The molecule has 0 aliphatic rings. The monoisotopic (exact) mass is 291 g/mol. The standard InChI is InChI=1S/C15H18ClN3O/c1-5-13-17-14(16)10(2)15(18-13)19(3)11-7-6-8-12(9-11)20-4/h6-9H,5H2,1-4H3. The van der Waals surface area contributed by atoms with Gasteiger partial charge in [0.15, 0.2) is 0 Å². The second-order valence-electron chi connectivity index (χ2n) is 4.49.